The van der Waals surface area contributed by atoms with Gasteiger partial charge in [-0.25, -0.2) is 9.78 Å². The first-order chi connectivity index (χ1) is 11.7. The Morgan fingerprint density at radius 3 is 2.92 bits per heavy atom. The van der Waals surface area contributed by atoms with Gasteiger partial charge in [0, 0.05) is 36.3 Å². The van der Waals surface area contributed by atoms with Crippen molar-refractivity contribution in [2.45, 2.75) is 0 Å². The summed E-state index contributed by atoms with van der Waals surface area (Å²) in [5.74, 6) is -0.147. The summed E-state index contributed by atoms with van der Waals surface area (Å²) < 4.78 is 1.14. The summed E-state index contributed by atoms with van der Waals surface area (Å²) >= 11 is 0. The van der Waals surface area contributed by atoms with Crippen LogP contribution in [0.5, 0.6) is 0 Å². The molecule has 0 unspecified atom stereocenters. The summed E-state index contributed by atoms with van der Waals surface area (Å²) in [6, 6.07) is 3.60. The highest BCUT2D eigenvalue weighted by molar-refractivity contribution is 6.19. The summed E-state index contributed by atoms with van der Waals surface area (Å²) in [5, 5.41) is 15.7. The molecule has 24 heavy (non-hydrogen) atoms. The zero-order valence-electron chi connectivity index (χ0n) is 12.4. The van der Waals surface area contributed by atoms with E-state index in [1.807, 2.05) is 6.07 Å². The van der Waals surface area contributed by atoms with Crippen molar-refractivity contribution in [3.63, 3.8) is 0 Å². The van der Waals surface area contributed by atoms with Gasteiger partial charge < -0.3 is 9.88 Å². The molecule has 0 radical (unpaired) electrons. The topological polar surface area (TPSA) is 108 Å². The number of carbonyl (C=O) groups excluding carboxylic acids is 1. The highest BCUT2D eigenvalue weighted by Gasteiger charge is 2.33. The van der Waals surface area contributed by atoms with Crippen molar-refractivity contribution in [1.82, 2.24) is 24.6 Å². The van der Waals surface area contributed by atoms with Crippen LogP contribution in [-0.4, -0.2) is 43.8 Å². The Bertz CT molecular complexity index is 1220. The number of carbonyl (C=O) groups is 1. The van der Waals surface area contributed by atoms with Gasteiger partial charge in [-0.3, -0.25) is 4.79 Å². The van der Waals surface area contributed by atoms with Gasteiger partial charge >= 0.3 is 6.03 Å². The van der Waals surface area contributed by atoms with Crippen LogP contribution in [0, 0.1) is 17.2 Å². The number of nitrogens with one attached hydrogen (secondary N) is 1. The summed E-state index contributed by atoms with van der Waals surface area (Å²) in [4.78, 5) is 34.2. The first kappa shape index (κ1) is 13.0. The van der Waals surface area contributed by atoms with Gasteiger partial charge in [0.15, 0.2) is 0 Å². The number of aromatic amines is 1. The molecule has 5 rings (SSSR count). The number of H-pyrrole nitrogens is 1. The van der Waals surface area contributed by atoms with Crippen molar-refractivity contribution in [1.29, 1.82) is 5.26 Å². The highest BCUT2D eigenvalue weighted by Crippen LogP contribution is 2.29. The summed E-state index contributed by atoms with van der Waals surface area (Å²) in [5.41, 5.74) is 0.636. The summed E-state index contributed by atoms with van der Waals surface area (Å²) in [6.07, 6.45) is 4.81. The number of nitriles is 1. The van der Waals surface area contributed by atoms with Crippen LogP contribution in [0.2, 0.25) is 0 Å². The maximum Gasteiger partial charge on any atom is 0.345 e. The molecule has 4 heterocycles. The normalized spacial score (nSPS) is 15.2. The lowest BCUT2D eigenvalue weighted by Crippen LogP contribution is -2.51. The van der Waals surface area contributed by atoms with Crippen LogP contribution in [0.3, 0.4) is 0 Å². The van der Waals surface area contributed by atoms with Gasteiger partial charge in [0.05, 0.1) is 23.6 Å². The number of pyridine rings is 1. The Morgan fingerprint density at radius 1 is 1.29 bits per heavy atom. The zero-order valence-corrected chi connectivity index (χ0v) is 12.4. The van der Waals surface area contributed by atoms with Crippen LogP contribution in [0.25, 0.3) is 32.7 Å². The zero-order chi connectivity index (χ0) is 16.4. The minimum absolute atomic E-state index is 0.147. The van der Waals surface area contributed by atoms with E-state index in [0.717, 1.165) is 15.5 Å². The summed E-state index contributed by atoms with van der Waals surface area (Å²) in [7, 11) is 0. The fourth-order valence-electron chi connectivity index (χ4n) is 3.34. The van der Waals surface area contributed by atoms with Crippen LogP contribution in [0.15, 0.2) is 29.5 Å². The number of likely N-dealkylation sites (tertiary alicyclic amines) is 1. The van der Waals surface area contributed by atoms with E-state index < -0.39 is 0 Å². The predicted octanol–water partition coefficient (Wildman–Crippen LogP) is 1.29. The Labute approximate surface area is 134 Å². The van der Waals surface area contributed by atoms with Gasteiger partial charge in [-0.2, -0.15) is 15.0 Å². The molecule has 0 bridgehead atoms. The van der Waals surface area contributed by atoms with E-state index in [4.69, 9.17) is 5.26 Å². The molecule has 1 fully saturated rings. The van der Waals surface area contributed by atoms with Crippen molar-refractivity contribution in [2.24, 2.45) is 5.92 Å². The third-order valence-electron chi connectivity index (χ3n) is 4.60. The molecule has 1 amide bonds. The molecule has 0 atom stereocenters. The fourth-order valence-corrected chi connectivity index (χ4v) is 3.34. The van der Waals surface area contributed by atoms with Gasteiger partial charge in [-0.05, 0) is 11.5 Å². The smallest absolute Gasteiger partial charge is 0.345 e. The second kappa shape index (κ2) is 4.29. The lowest BCUT2D eigenvalue weighted by atomic mass is 10.0. The number of rotatable bonds is 0. The highest BCUT2D eigenvalue weighted by atomic mass is 16.2. The Hall–Kier alpha value is -3.47. The first-order valence-corrected chi connectivity index (χ1v) is 7.47. The molecule has 8 nitrogen and oxygen atoms in total. The van der Waals surface area contributed by atoms with Gasteiger partial charge in [-0.15, -0.1) is 0 Å². The van der Waals surface area contributed by atoms with Crippen LogP contribution in [-0.2, 0) is 0 Å². The van der Waals surface area contributed by atoms with Gasteiger partial charge in [0.25, 0.3) is 0 Å². The number of fused-ring (bicyclic) bond motifs is 2. The van der Waals surface area contributed by atoms with E-state index in [2.05, 4.69) is 21.1 Å². The minimum atomic E-state index is -0.377. The second-order valence-electron chi connectivity index (χ2n) is 5.95. The molecule has 1 saturated heterocycles. The van der Waals surface area contributed by atoms with Gasteiger partial charge in [-0.1, -0.05) is 0 Å². The largest absolute Gasteiger partial charge is 0.346 e. The van der Waals surface area contributed by atoms with E-state index in [1.165, 1.54) is 17.3 Å². The number of amides is 1. The lowest BCUT2D eigenvalue weighted by molar-refractivity contribution is 0.143. The van der Waals surface area contributed by atoms with Crippen molar-refractivity contribution in [3.8, 4) is 6.07 Å². The Kier molecular flexibility index (Phi) is 2.33. The molecule has 0 aliphatic carbocycles. The second-order valence-corrected chi connectivity index (χ2v) is 5.95. The average Bonchev–Trinajstić information content (AvgIpc) is 3.17. The van der Waals surface area contributed by atoms with E-state index in [0.29, 0.717) is 29.5 Å². The number of hydrogen-bond acceptors (Lipinski definition) is 5. The maximum atomic E-state index is 12.9. The molecule has 0 spiro atoms. The number of nitrogens with zero attached hydrogens (tertiary/aromatic N) is 5. The van der Waals surface area contributed by atoms with Gasteiger partial charge in [0.1, 0.15) is 11.2 Å². The van der Waals surface area contributed by atoms with E-state index in [9.17, 15) is 9.59 Å². The number of hydrogen-bond donors (Lipinski definition) is 1. The molecule has 1 aliphatic heterocycles. The van der Waals surface area contributed by atoms with Gasteiger partial charge in [0.2, 0.25) is 5.43 Å². The molecule has 1 aromatic carbocycles. The molecule has 1 aliphatic rings. The van der Waals surface area contributed by atoms with Crippen molar-refractivity contribution >= 4 is 38.7 Å². The third kappa shape index (κ3) is 1.46. The predicted molar refractivity (Wildman–Crippen MR) is 85.8 cm³/mol. The van der Waals surface area contributed by atoms with Crippen molar-refractivity contribution < 1.29 is 4.79 Å². The maximum absolute atomic E-state index is 12.9. The third-order valence-corrected chi connectivity index (χ3v) is 4.60. The van der Waals surface area contributed by atoms with E-state index >= 15 is 0 Å². The van der Waals surface area contributed by atoms with E-state index in [1.54, 1.807) is 6.20 Å². The van der Waals surface area contributed by atoms with E-state index in [-0.39, 0.29) is 22.9 Å². The molecule has 3 aromatic heterocycles. The summed E-state index contributed by atoms with van der Waals surface area (Å²) in [6.45, 7) is 0.734. The van der Waals surface area contributed by atoms with Crippen LogP contribution in [0.1, 0.15) is 0 Å². The molecule has 116 valence electrons. The monoisotopic (exact) mass is 318 g/mol. The SMILES string of the molecule is N#CC1CN(C(=O)n2ncc3c4cc[nH]c5ncc(c(=O)c32)c54)C1. The lowest BCUT2D eigenvalue weighted by Gasteiger charge is -2.34. The van der Waals surface area contributed by atoms with Crippen LogP contribution >= 0.6 is 0 Å². The fraction of sp³-hybridized carbons (Fsp3) is 0.188. The van der Waals surface area contributed by atoms with Crippen molar-refractivity contribution in [3.05, 3.63) is 34.9 Å². The van der Waals surface area contributed by atoms with Crippen LogP contribution < -0.4 is 5.43 Å². The molecular weight excluding hydrogens is 308 g/mol. The quantitative estimate of drug-likeness (QED) is 0.525. The van der Waals surface area contributed by atoms with Crippen LogP contribution in [0.4, 0.5) is 4.79 Å². The molecular formula is C16H10N6O2. The molecule has 8 heteroatoms. The average molecular weight is 318 g/mol. The molecule has 4 aromatic rings. The number of benzene rings is 1. The Morgan fingerprint density at radius 2 is 2.12 bits per heavy atom. The molecule has 0 saturated carbocycles. The first-order valence-electron chi connectivity index (χ1n) is 7.47. The van der Waals surface area contributed by atoms with Crippen molar-refractivity contribution in [2.75, 3.05) is 13.1 Å². The minimum Gasteiger partial charge on any atom is -0.346 e. The molecule has 1 N–H and O–H groups in total. The standard InChI is InChI=1S/C16H10N6O2/c17-3-8-6-21(7-8)16(24)22-13-10(5-20-22)9-1-2-18-15-12(9)11(4-19-15)14(13)23/h1-2,4-5,8H,6-7H2,(H,18,19). The number of aromatic nitrogens is 4. The Balaban J connectivity index is 1.78.